The second kappa shape index (κ2) is 7.81. The monoisotopic (exact) mass is 352 g/mol. The second-order valence-corrected chi connectivity index (χ2v) is 5.94. The van der Waals surface area contributed by atoms with E-state index in [0.717, 1.165) is 11.1 Å². The van der Waals surface area contributed by atoms with E-state index in [4.69, 9.17) is 16.3 Å². The number of aryl methyl sites for hydroxylation is 1. The normalized spacial score (nSPS) is 10.3. The van der Waals surface area contributed by atoms with E-state index in [2.05, 4.69) is 10.3 Å². The molecule has 0 saturated heterocycles. The van der Waals surface area contributed by atoms with E-state index in [1.54, 1.807) is 30.5 Å². The predicted molar refractivity (Wildman–Crippen MR) is 99.2 cm³/mol. The van der Waals surface area contributed by atoms with Crippen molar-refractivity contribution in [1.29, 1.82) is 0 Å². The van der Waals surface area contributed by atoms with E-state index >= 15 is 0 Å². The van der Waals surface area contributed by atoms with Gasteiger partial charge < -0.3 is 10.1 Å². The second-order valence-electron chi connectivity index (χ2n) is 5.53. The standard InChI is InChI=1S/C20H17ClN2O2/c1-14-6-5-11-22-19(14)23-20(24)15-8-4-9-17(12-15)25-13-16-7-2-3-10-18(16)21/h2-12H,13H2,1H3,(H,22,23,24). The zero-order valence-corrected chi connectivity index (χ0v) is 14.5. The third-order valence-electron chi connectivity index (χ3n) is 3.69. The molecule has 126 valence electrons. The summed E-state index contributed by atoms with van der Waals surface area (Å²) in [4.78, 5) is 16.6. The quantitative estimate of drug-likeness (QED) is 0.712. The average Bonchev–Trinajstić information content (AvgIpc) is 2.63. The lowest BCUT2D eigenvalue weighted by molar-refractivity contribution is 0.102. The summed E-state index contributed by atoms with van der Waals surface area (Å²) in [6.07, 6.45) is 1.64. The summed E-state index contributed by atoms with van der Waals surface area (Å²) < 4.78 is 5.76. The molecule has 0 fully saturated rings. The fourth-order valence-electron chi connectivity index (χ4n) is 2.30. The minimum atomic E-state index is -0.231. The van der Waals surface area contributed by atoms with Crippen LogP contribution in [-0.2, 0) is 6.61 Å². The van der Waals surface area contributed by atoms with Crippen molar-refractivity contribution in [3.05, 3.63) is 88.6 Å². The van der Waals surface area contributed by atoms with Crippen molar-refractivity contribution < 1.29 is 9.53 Å². The van der Waals surface area contributed by atoms with Crippen LogP contribution < -0.4 is 10.1 Å². The molecule has 0 aliphatic rings. The van der Waals surface area contributed by atoms with Crippen LogP contribution in [0.4, 0.5) is 5.82 Å². The number of aromatic nitrogens is 1. The van der Waals surface area contributed by atoms with E-state index in [1.165, 1.54) is 0 Å². The van der Waals surface area contributed by atoms with E-state index < -0.39 is 0 Å². The highest BCUT2D eigenvalue weighted by molar-refractivity contribution is 6.31. The number of ether oxygens (including phenoxy) is 1. The third kappa shape index (κ3) is 4.37. The SMILES string of the molecule is Cc1cccnc1NC(=O)c1cccc(OCc2ccccc2Cl)c1. The van der Waals surface area contributed by atoms with Gasteiger partial charge >= 0.3 is 0 Å². The number of halogens is 1. The van der Waals surface area contributed by atoms with Gasteiger partial charge in [0.05, 0.1) is 0 Å². The summed E-state index contributed by atoms with van der Waals surface area (Å²) in [7, 11) is 0. The van der Waals surface area contributed by atoms with E-state index in [9.17, 15) is 4.79 Å². The van der Waals surface area contributed by atoms with Gasteiger partial charge in [0, 0.05) is 22.3 Å². The molecule has 0 radical (unpaired) electrons. The molecule has 0 spiro atoms. The molecule has 25 heavy (non-hydrogen) atoms. The number of anilines is 1. The Morgan fingerprint density at radius 1 is 1.12 bits per heavy atom. The van der Waals surface area contributed by atoms with Gasteiger partial charge in [-0.15, -0.1) is 0 Å². The Kier molecular flexibility index (Phi) is 5.31. The van der Waals surface area contributed by atoms with Gasteiger partial charge in [-0.05, 0) is 42.8 Å². The molecular formula is C20H17ClN2O2. The number of pyridine rings is 1. The Balaban J connectivity index is 1.70. The van der Waals surface area contributed by atoms with Crippen LogP contribution in [0, 0.1) is 6.92 Å². The number of nitrogens with zero attached hydrogens (tertiary/aromatic N) is 1. The molecule has 0 atom stereocenters. The van der Waals surface area contributed by atoms with Crippen LogP contribution in [0.1, 0.15) is 21.5 Å². The molecule has 5 heteroatoms. The van der Waals surface area contributed by atoms with Crippen molar-refractivity contribution in [2.24, 2.45) is 0 Å². The van der Waals surface area contributed by atoms with Gasteiger partial charge in [-0.25, -0.2) is 4.98 Å². The predicted octanol–water partition coefficient (Wildman–Crippen LogP) is 4.87. The van der Waals surface area contributed by atoms with Crippen molar-refractivity contribution in [2.45, 2.75) is 13.5 Å². The highest BCUT2D eigenvalue weighted by atomic mass is 35.5. The van der Waals surface area contributed by atoms with Gasteiger partial charge in [0.1, 0.15) is 18.2 Å². The number of carbonyl (C=O) groups is 1. The summed E-state index contributed by atoms with van der Waals surface area (Å²) in [5, 5.41) is 3.46. The summed E-state index contributed by atoms with van der Waals surface area (Å²) in [6, 6.07) is 18.2. The maximum atomic E-state index is 12.4. The molecule has 4 nitrogen and oxygen atoms in total. The molecule has 3 rings (SSSR count). The van der Waals surface area contributed by atoms with Crippen LogP contribution in [0.2, 0.25) is 5.02 Å². The first kappa shape index (κ1) is 17.0. The first-order valence-corrected chi connectivity index (χ1v) is 8.20. The van der Waals surface area contributed by atoms with Crippen LogP contribution in [0.3, 0.4) is 0 Å². The Morgan fingerprint density at radius 3 is 2.76 bits per heavy atom. The molecule has 3 aromatic rings. The molecule has 1 aromatic heterocycles. The van der Waals surface area contributed by atoms with Crippen molar-refractivity contribution in [1.82, 2.24) is 4.98 Å². The molecule has 1 amide bonds. The van der Waals surface area contributed by atoms with E-state index in [-0.39, 0.29) is 5.91 Å². The number of carbonyl (C=O) groups excluding carboxylic acids is 1. The van der Waals surface area contributed by atoms with Crippen molar-refractivity contribution in [2.75, 3.05) is 5.32 Å². The number of hydrogen-bond acceptors (Lipinski definition) is 3. The Hall–Kier alpha value is -2.85. The number of nitrogens with one attached hydrogen (secondary N) is 1. The average molecular weight is 353 g/mol. The Morgan fingerprint density at radius 2 is 1.96 bits per heavy atom. The van der Waals surface area contributed by atoms with E-state index in [1.807, 2.05) is 43.3 Å². The lowest BCUT2D eigenvalue weighted by atomic mass is 10.2. The molecular weight excluding hydrogens is 336 g/mol. The number of amides is 1. The zero-order chi connectivity index (χ0) is 17.6. The summed E-state index contributed by atoms with van der Waals surface area (Å²) in [5.41, 5.74) is 2.30. The molecule has 1 heterocycles. The number of rotatable bonds is 5. The van der Waals surface area contributed by atoms with Gasteiger partial charge in [-0.2, -0.15) is 0 Å². The molecule has 0 aliphatic heterocycles. The Labute approximate surface area is 151 Å². The molecule has 0 unspecified atom stereocenters. The van der Waals surface area contributed by atoms with Gasteiger partial charge in [0.2, 0.25) is 0 Å². The lowest BCUT2D eigenvalue weighted by Gasteiger charge is -2.10. The third-order valence-corrected chi connectivity index (χ3v) is 4.06. The van der Waals surface area contributed by atoms with Crippen LogP contribution >= 0.6 is 11.6 Å². The molecule has 0 bridgehead atoms. The first-order valence-electron chi connectivity index (χ1n) is 7.83. The van der Waals surface area contributed by atoms with Crippen LogP contribution in [0.15, 0.2) is 66.9 Å². The molecule has 0 aliphatic carbocycles. The number of hydrogen-bond donors (Lipinski definition) is 1. The van der Waals surface area contributed by atoms with Gasteiger partial charge in [-0.1, -0.05) is 41.9 Å². The van der Waals surface area contributed by atoms with Gasteiger partial charge in [-0.3, -0.25) is 4.79 Å². The maximum Gasteiger partial charge on any atom is 0.256 e. The van der Waals surface area contributed by atoms with Crippen LogP contribution in [0.5, 0.6) is 5.75 Å². The van der Waals surface area contributed by atoms with E-state index in [0.29, 0.717) is 28.8 Å². The first-order chi connectivity index (χ1) is 12.1. The molecule has 1 N–H and O–H groups in total. The van der Waals surface area contributed by atoms with Crippen molar-refractivity contribution in [3.8, 4) is 5.75 Å². The minimum absolute atomic E-state index is 0.231. The fraction of sp³-hybridized carbons (Fsp3) is 0.100. The summed E-state index contributed by atoms with van der Waals surface area (Å²) in [6.45, 7) is 2.23. The Bertz CT molecular complexity index is 896. The minimum Gasteiger partial charge on any atom is -0.489 e. The molecule has 2 aromatic carbocycles. The lowest BCUT2D eigenvalue weighted by Crippen LogP contribution is -2.14. The highest BCUT2D eigenvalue weighted by Crippen LogP contribution is 2.20. The van der Waals surface area contributed by atoms with Gasteiger partial charge in [0.25, 0.3) is 5.91 Å². The van der Waals surface area contributed by atoms with Gasteiger partial charge in [0.15, 0.2) is 0 Å². The number of benzene rings is 2. The zero-order valence-electron chi connectivity index (χ0n) is 13.7. The maximum absolute atomic E-state index is 12.4. The summed E-state index contributed by atoms with van der Waals surface area (Å²) in [5.74, 6) is 0.921. The fourth-order valence-corrected chi connectivity index (χ4v) is 2.49. The largest absolute Gasteiger partial charge is 0.489 e. The van der Waals surface area contributed by atoms with Crippen LogP contribution in [0.25, 0.3) is 0 Å². The summed E-state index contributed by atoms with van der Waals surface area (Å²) >= 11 is 6.13. The molecule has 0 saturated carbocycles. The van der Waals surface area contributed by atoms with Crippen LogP contribution in [-0.4, -0.2) is 10.9 Å². The van der Waals surface area contributed by atoms with Crippen molar-refractivity contribution in [3.63, 3.8) is 0 Å². The highest BCUT2D eigenvalue weighted by Gasteiger charge is 2.10. The topological polar surface area (TPSA) is 51.2 Å². The smallest absolute Gasteiger partial charge is 0.256 e. The van der Waals surface area contributed by atoms with Crippen molar-refractivity contribution >= 4 is 23.3 Å².